The minimum Gasteiger partial charge on any atom is -0.433 e. The molecule has 0 bridgehead atoms. The number of rotatable bonds is 9. The summed E-state index contributed by atoms with van der Waals surface area (Å²) in [5.41, 5.74) is 5.54. The summed E-state index contributed by atoms with van der Waals surface area (Å²) < 4.78 is 35.3. The monoisotopic (exact) mass is 412 g/mol. The Hall–Kier alpha value is -2.79. The number of nitrogens with zero attached hydrogens (tertiary/aromatic N) is 1. The van der Waals surface area contributed by atoms with Gasteiger partial charge in [0.25, 0.3) is 11.8 Å². The first-order valence-corrected chi connectivity index (χ1v) is 9.15. The van der Waals surface area contributed by atoms with Gasteiger partial charge in [-0.25, -0.2) is 0 Å². The number of alkyl halides is 2. The molecule has 1 aromatic carbocycles. The minimum absolute atomic E-state index is 0.0702. The molecule has 1 heterocycles. The summed E-state index contributed by atoms with van der Waals surface area (Å²) in [7, 11) is 0. The summed E-state index contributed by atoms with van der Waals surface area (Å²) in [5.74, 6) is -1.93. The third-order valence-corrected chi connectivity index (χ3v) is 4.59. The van der Waals surface area contributed by atoms with Crippen molar-refractivity contribution in [2.24, 2.45) is 11.7 Å². The van der Waals surface area contributed by atoms with Crippen molar-refractivity contribution in [3.8, 4) is 5.75 Å². The number of morpholine rings is 1. The molecular weight excluding hydrogens is 390 g/mol. The normalized spacial score (nSPS) is 17.9. The molecule has 3 amide bonds. The Morgan fingerprint density at radius 1 is 1.34 bits per heavy atom. The number of nitrogens with two attached hydrogens (primary N) is 1. The minimum atomic E-state index is -3.15. The zero-order chi connectivity index (χ0) is 21.0. The quantitative estimate of drug-likeness (QED) is 0.506. The van der Waals surface area contributed by atoms with E-state index in [9.17, 15) is 23.2 Å². The van der Waals surface area contributed by atoms with Gasteiger partial charge in [0.15, 0.2) is 11.8 Å². The van der Waals surface area contributed by atoms with E-state index in [0.29, 0.717) is 24.8 Å². The van der Waals surface area contributed by atoms with Crippen molar-refractivity contribution in [1.29, 1.82) is 0 Å². The molecule has 0 radical (unpaired) electrons. The van der Waals surface area contributed by atoms with Crippen molar-refractivity contribution >= 4 is 29.1 Å². The smallest absolute Gasteiger partial charge is 0.387 e. The van der Waals surface area contributed by atoms with Gasteiger partial charge in [0.1, 0.15) is 6.61 Å². The second-order valence-corrected chi connectivity index (χ2v) is 6.83. The van der Waals surface area contributed by atoms with E-state index < -0.39 is 24.5 Å². The Bertz CT molecular complexity index is 788. The maximum absolute atomic E-state index is 12.9. The Morgan fingerprint density at radius 3 is 2.72 bits per heavy atom. The van der Waals surface area contributed by atoms with E-state index in [2.05, 4.69) is 15.4 Å². The van der Waals surface area contributed by atoms with Crippen LogP contribution in [0.2, 0.25) is 0 Å². The lowest BCUT2D eigenvalue weighted by Crippen LogP contribution is -2.50. The van der Waals surface area contributed by atoms with Gasteiger partial charge >= 0.3 is 6.61 Å². The van der Waals surface area contributed by atoms with Gasteiger partial charge in [0, 0.05) is 18.3 Å². The summed E-state index contributed by atoms with van der Waals surface area (Å²) in [5, 5.41) is 5.18. The summed E-state index contributed by atoms with van der Waals surface area (Å²) in [6, 6.07) is 2.72. The highest BCUT2D eigenvalue weighted by molar-refractivity contribution is 6.10. The van der Waals surface area contributed by atoms with Gasteiger partial charge < -0.3 is 25.4 Å². The number of anilines is 2. The van der Waals surface area contributed by atoms with Crippen molar-refractivity contribution in [2.45, 2.75) is 25.5 Å². The fraction of sp³-hybridized carbons (Fsp3) is 0.500. The Morgan fingerprint density at radius 2 is 2.10 bits per heavy atom. The summed E-state index contributed by atoms with van der Waals surface area (Å²) in [6.07, 6.45) is 2.02. The topological polar surface area (TPSA) is 123 Å². The maximum Gasteiger partial charge on any atom is 0.387 e. The van der Waals surface area contributed by atoms with Crippen LogP contribution in [0.3, 0.4) is 0 Å². The number of nitrogens with one attached hydrogen (secondary N) is 2. The molecule has 1 saturated carbocycles. The van der Waals surface area contributed by atoms with Gasteiger partial charge in [-0.15, -0.1) is 0 Å². The standard InChI is InChI=1S/C18H22F2N4O5/c19-18(20)29-13-7-11(24-5-6-28-9-14(24)25)3-4-12(13)23-17(27)15(16(21)26)22-8-10-1-2-10/h3-4,7,10,15,18,22H,1-2,5-6,8-9H2,(H2,21,26)(H,23,27)/t15-/m1/s1. The molecule has 1 aromatic rings. The second-order valence-electron chi connectivity index (χ2n) is 6.83. The lowest BCUT2D eigenvalue weighted by atomic mass is 10.2. The van der Waals surface area contributed by atoms with Crippen LogP contribution in [0, 0.1) is 5.92 Å². The summed E-state index contributed by atoms with van der Waals surface area (Å²) in [6.45, 7) is -2.24. The van der Waals surface area contributed by atoms with Crippen LogP contribution in [0.5, 0.6) is 5.75 Å². The second kappa shape index (κ2) is 9.14. The van der Waals surface area contributed by atoms with E-state index in [1.165, 1.54) is 23.1 Å². The molecule has 4 N–H and O–H groups in total. The number of hydrogen-bond donors (Lipinski definition) is 3. The van der Waals surface area contributed by atoms with E-state index in [1.807, 2.05) is 0 Å². The Labute approximate surface area is 165 Å². The van der Waals surface area contributed by atoms with E-state index in [0.717, 1.165) is 12.8 Å². The van der Waals surface area contributed by atoms with Crippen molar-refractivity contribution in [3.05, 3.63) is 18.2 Å². The predicted octanol–water partition coefficient (Wildman–Crippen LogP) is 0.443. The number of primary amides is 1. The average Bonchev–Trinajstić information content (AvgIpc) is 3.47. The van der Waals surface area contributed by atoms with Crippen LogP contribution in [-0.4, -0.2) is 56.7 Å². The highest BCUT2D eigenvalue weighted by atomic mass is 19.3. The number of amides is 3. The molecule has 2 aliphatic rings. The first kappa shape index (κ1) is 20.9. The largest absolute Gasteiger partial charge is 0.433 e. The average molecular weight is 412 g/mol. The van der Waals surface area contributed by atoms with Crippen LogP contribution in [0.25, 0.3) is 0 Å². The molecule has 1 aliphatic heterocycles. The fourth-order valence-electron chi connectivity index (χ4n) is 2.90. The lowest BCUT2D eigenvalue weighted by molar-refractivity contribution is -0.128. The number of benzene rings is 1. The number of carbonyl (C=O) groups excluding carboxylic acids is 3. The van der Waals surface area contributed by atoms with Gasteiger partial charge in [0.2, 0.25) is 5.91 Å². The number of ether oxygens (including phenoxy) is 2. The SMILES string of the molecule is NC(=O)[C@@H](NCC1CC1)C(=O)Nc1ccc(N2CCOCC2=O)cc1OC(F)F. The molecular formula is C18H22F2N4O5. The third kappa shape index (κ3) is 5.61. The van der Waals surface area contributed by atoms with E-state index in [4.69, 9.17) is 10.5 Å². The molecule has 2 fully saturated rings. The van der Waals surface area contributed by atoms with Crippen molar-refractivity contribution in [3.63, 3.8) is 0 Å². The molecule has 158 valence electrons. The van der Waals surface area contributed by atoms with E-state index in [-0.39, 0.29) is 30.5 Å². The van der Waals surface area contributed by atoms with Crippen LogP contribution in [0.4, 0.5) is 20.2 Å². The zero-order valence-corrected chi connectivity index (χ0v) is 15.5. The first-order valence-electron chi connectivity index (χ1n) is 9.15. The molecule has 3 rings (SSSR count). The highest BCUT2D eigenvalue weighted by Crippen LogP contribution is 2.32. The zero-order valence-electron chi connectivity index (χ0n) is 15.5. The van der Waals surface area contributed by atoms with Gasteiger partial charge in [-0.05, 0) is 37.4 Å². The summed E-state index contributed by atoms with van der Waals surface area (Å²) in [4.78, 5) is 37.4. The van der Waals surface area contributed by atoms with E-state index >= 15 is 0 Å². The molecule has 29 heavy (non-hydrogen) atoms. The highest BCUT2D eigenvalue weighted by Gasteiger charge is 2.29. The van der Waals surface area contributed by atoms with Gasteiger partial charge in [-0.2, -0.15) is 8.78 Å². The summed E-state index contributed by atoms with van der Waals surface area (Å²) >= 11 is 0. The Kier molecular flexibility index (Phi) is 6.60. The van der Waals surface area contributed by atoms with Crippen molar-refractivity contribution < 1.29 is 32.6 Å². The fourth-order valence-corrected chi connectivity index (χ4v) is 2.90. The van der Waals surface area contributed by atoms with Crippen molar-refractivity contribution in [2.75, 3.05) is 36.5 Å². The van der Waals surface area contributed by atoms with Crippen molar-refractivity contribution in [1.82, 2.24) is 5.32 Å². The van der Waals surface area contributed by atoms with E-state index in [1.54, 1.807) is 0 Å². The van der Waals surface area contributed by atoms with Gasteiger partial charge in [0.05, 0.1) is 12.3 Å². The molecule has 9 nitrogen and oxygen atoms in total. The molecule has 11 heteroatoms. The first-order chi connectivity index (χ1) is 13.8. The maximum atomic E-state index is 12.9. The molecule has 1 saturated heterocycles. The van der Waals surface area contributed by atoms with Crippen LogP contribution in [0.1, 0.15) is 12.8 Å². The molecule has 1 aliphatic carbocycles. The van der Waals surface area contributed by atoms with Crippen LogP contribution in [0.15, 0.2) is 18.2 Å². The lowest BCUT2D eigenvalue weighted by Gasteiger charge is -2.27. The molecule has 0 unspecified atom stereocenters. The Balaban J connectivity index is 1.77. The number of halogens is 2. The molecule has 1 atom stereocenters. The predicted molar refractivity (Wildman–Crippen MR) is 98.6 cm³/mol. The molecule has 0 spiro atoms. The third-order valence-electron chi connectivity index (χ3n) is 4.59. The van der Waals surface area contributed by atoms with Crippen LogP contribution < -0.4 is 26.0 Å². The molecule has 0 aromatic heterocycles. The van der Waals surface area contributed by atoms with Gasteiger partial charge in [-0.1, -0.05) is 0 Å². The van der Waals surface area contributed by atoms with Crippen LogP contribution >= 0.6 is 0 Å². The number of hydrogen-bond acceptors (Lipinski definition) is 6. The van der Waals surface area contributed by atoms with Crippen LogP contribution in [-0.2, 0) is 19.1 Å². The number of carbonyl (C=O) groups is 3. The van der Waals surface area contributed by atoms with Gasteiger partial charge in [-0.3, -0.25) is 19.7 Å².